The second-order valence-corrected chi connectivity index (χ2v) is 9.88. The molecule has 0 bridgehead atoms. The highest BCUT2D eigenvalue weighted by Crippen LogP contribution is 2.66. The molecule has 0 radical (unpaired) electrons. The van der Waals surface area contributed by atoms with E-state index >= 15 is 0 Å². The highest BCUT2D eigenvalue weighted by atomic mass is 16.5. The second-order valence-electron chi connectivity index (χ2n) is 9.88. The highest BCUT2D eigenvalue weighted by molar-refractivity contribution is 5.66. The van der Waals surface area contributed by atoms with Crippen LogP contribution in [-0.2, 0) is 9.53 Å². The molecule has 4 aliphatic rings. The van der Waals surface area contributed by atoms with Crippen LogP contribution in [0.4, 0.5) is 0 Å². The smallest absolute Gasteiger partial charge is 0.302 e. The van der Waals surface area contributed by atoms with Gasteiger partial charge in [-0.25, -0.2) is 0 Å². The SMILES string of the molecule is CC(=O)O[C@H]1CCC2C3CC[C@H]4[C@@H](O)[C@H](O)CC[C@]4(C)C3CC[C@@]21C. The highest BCUT2D eigenvalue weighted by Gasteiger charge is 2.62. The lowest BCUT2D eigenvalue weighted by molar-refractivity contribution is -0.182. The molecule has 0 aromatic heterocycles. The number of carbonyl (C=O) groups excluding carboxylic acids is 1. The van der Waals surface area contributed by atoms with Crippen LogP contribution < -0.4 is 0 Å². The summed E-state index contributed by atoms with van der Waals surface area (Å²) in [5.74, 6) is 2.06. The average Bonchev–Trinajstić information content (AvgIpc) is 2.88. The molecular formula is C21H34O4. The molecule has 0 aliphatic heterocycles. The third-order valence-corrected chi connectivity index (χ3v) is 8.95. The van der Waals surface area contributed by atoms with E-state index in [1.54, 1.807) is 0 Å². The molecule has 0 spiro atoms. The summed E-state index contributed by atoms with van der Waals surface area (Å²) in [5.41, 5.74) is 0.283. The van der Waals surface area contributed by atoms with Crippen molar-refractivity contribution in [2.24, 2.45) is 34.5 Å². The van der Waals surface area contributed by atoms with E-state index in [-0.39, 0.29) is 28.8 Å². The van der Waals surface area contributed by atoms with Crippen LogP contribution in [0.3, 0.4) is 0 Å². The van der Waals surface area contributed by atoms with Crippen LogP contribution in [0.1, 0.15) is 72.1 Å². The zero-order chi connectivity index (χ0) is 18.0. The molecule has 0 aromatic carbocycles. The Kier molecular flexibility index (Phi) is 4.23. The molecule has 3 unspecified atom stereocenters. The average molecular weight is 350 g/mol. The van der Waals surface area contributed by atoms with Crippen LogP contribution >= 0.6 is 0 Å². The molecule has 4 saturated carbocycles. The van der Waals surface area contributed by atoms with Crippen molar-refractivity contribution in [1.82, 2.24) is 0 Å². The molecule has 142 valence electrons. The molecule has 2 N–H and O–H groups in total. The number of aliphatic hydroxyl groups excluding tert-OH is 2. The Morgan fingerprint density at radius 3 is 2.24 bits per heavy atom. The Morgan fingerprint density at radius 1 is 0.880 bits per heavy atom. The summed E-state index contributed by atoms with van der Waals surface area (Å²) in [5, 5.41) is 20.7. The number of fused-ring (bicyclic) bond motifs is 5. The van der Waals surface area contributed by atoms with Gasteiger partial charge in [-0.1, -0.05) is 13.8 Å². The van der Waals surface area contributed by atoms with E-state index in [2.05, 4.69) is 13.8 Å². The fourth-order valence-corrected chi connectivity index (χ4v) is 7.66. The molecule has 4 fully saturated rings. The molecule has 4 rings (SSSR count). The van der Waals surface area contributed by atoms with Crippen molar-refractivity contribution in [2.75, 3.05) is 0 Å². The van der Waals surface area contributed by atoms with E-state index in [0.29, 0.717) is 17.8 Å². The number of ether oxygens (including phenoxy) is 1. The molecule has 0 amide bonds. The fraction of sp³-hybridized carbons (Fsp3) is 0.952. The van der Waals surface area contributed by atoms with Gasteiger partial charge in [0.25, 0.3) is 0 Å². The maximum absolute atomic E-state index is 11.5. The van der Waals surface area contributed by atoms with Crippen LogP contribution in [0.5, 0.6) is 0 Å². The minimum Gasteiger partial charge on any atom is -0.462 e. The standard InChI is InChI=1S/C21H34O4/c1-12(22)25-18-7-6-14-13-4-5-16-19(24)17(23)9-11-20(16,2)15(13)8-10-21(14,18)3/h13-19,23-24H,4-11H2,1-3H3/t13?,14?,15?,16-,17+,18-,19+,20+,21-/m0/s1. The molecular weight excluding hydrogens is 316 g/mol. The molecule has 0 heterocycles. The van der Waals surface area contributed by atoms with Crippen LogP contribution in [-0.4, -0.2) is 34.5 Å². The monoisotopic (exact) mass is 350 g/mol. The minimum atomic E-state index is -0.551. The van der Waals surface area contributed by atoms with Gasteiger partial charge in [-0.3, -0.25) is 4.79 Å². The number of aliphatic hydroxyl groups is 2. The number of hydrogen-bond acceptors (Lipinski definition) is 4. The number of hydrogen-bond donors (Lipinski definition) is 2. The third-order valence-electron chi connectivity index (χ3n) is 8.95. The van der Waals surface area contributed by atoms with E-state index in [0.717, 1.165) is 38.5 Å². The lowest BCUT2D eigenvalue weighted by Gasteiger charge is -2.61. The van der Waals surface area contributed by atoms with Crippen molar-refractivity contribution in [3.05, 3.63) is 0 Å². The van der Waals surface area contributed by atoms with Gasteiger partial charge in [0.2, 0.25) is 0 Å². The fourth-order valence-electron chi connectivity index (χ4n) is 7.66. The number of carbonyl (C=O) groups is 1. The first kappa shape index (κ1) is 17.8. The first-order valence-corrected chi connectivity index (χ1v) is 10.3. The lowest BCUT2D eigenvalue weighted by atomic mass is 9.44. The zero-order valence-electron chi connectivity index (χ0n) is 15.9. The van der Waals surface area contributed by atoms with Gasteiger partial charge < -0.3 is 14.9 Å². The van der Waals surface area contributed by atoms with Crippen molar-refractivity contribution >= 4 is 5.97 Å². The van der Waals surface area contributed by atoms with Gasteiger partial charge in [-0.05, 0) is 80.5 Å². The summed E-state index contributed by atoms with van der Waals surface area (Å²) in [6, 6.07) is 0. The van der Waals surface area contributed by atoms with Gasteiger partial charge in [-0.15, -0.1) is 0 Å². The predicted octanol–water partition coefficient (Wildman–Crippen LogP) is 3.29. The first-order chi connectivity index (χ1) is 11.8. The summed E-state index contributed by atoms with van der Waals surface area (Å²) in [7, 11) is 0. The van der Waals surface area contributed by atoms with Gasteiger partial charge in [0.1, 0.15) is 6.10 Å². The Bertz CT molecular complexity index is 548. The molecule has 9 atom stereocenters. The second kappa shape index (κ2) is 5.95. The van der Waals surface area contributed by atoms with Gasteiger partial charge in [0, 0.05) is 12.3 Å². The Morgan fingerprint density at radius 2 is 1.52 bits per heavy atom. The molecule has 4 heteroatoms. The molecule has 4 nitrogen and oxygen atoms in total. The van der Waals surface area contributed by atoms with Gasteiger partial charge in [0.05, 0.1) is 12.2 Å². The largest absolute Gasteiger partial charge is 0.462 e. The Balaban J connectivity index is 1.59. The molecule has 25 heavy (non-hydrogen) atoms. The summed E-state index contributed by atoms with van der Waals surface area (Å²) in [4.78, 5) is 11.5. The summed E-state index contributed by atoms with van der Waals surface area (Å²) in [6.07, 6.45) is 7.41. The van der Waals surface area contributed by atoms with E-state index in [1.807, 2.05) is 0 Å². The Labute approximate surface area is 151 Å². The topological polar surface area (TPSA) is 66.8 Å². The molecule has 4 aliphatic carbocycles. The lowest BCUT2D eigenvalue weighted by Crippen LogP contribution is -2.58. The summed E-state index contributed by atoms with van der Waals surface area (Å²) in [6.45, 7) is 6.26. The van der Waals surface area contributed by atoms with Crippen molar-refractivity contribution < 1.29 is 19.7 Å². The number of esters is 1. The molecule has 0 saturated heterocycles. The third kappa shape index (κ3) is 2.50. The van der Waals surface area contributed by atoms with E-state index in [1.165, 1.54) is 19.8 Å². The van der Waals surface area contributed by atoms with Crippen molar-refractivity contribution in [1.29, 1.82) is 0 Å². The normalized spacial score (nSPS) is 55.0. The predicted molar refractivity (Wildman–Crippen MR) is 94.7 cm³/mol. The number of rotatable bonds is 1. The minimum absolute atomic E-state index is 0.0836. The van der Waals surface area contributed by atoms with Crippen LogP contribution in [0, 0.1) is 34.5 Å². The van der Waals surface area contributed by atoms with E-state index in [4.69, 9.17) is 4.74 Å². The van der Waals surface area contributed by atoms with Crippen molar-refractivity contribution in [2.45, 2.75) is 90.4 Å². The Hall–Kier alpha value is -0.610. The van der Waals surface area contributed by atoms with E-state index < -0.39 is 12.2 Å². The van der Waals surface area contributed by atoms with Crippen LogP contribution in [0.15, 0.2) is 0 Å². The van der Waals surface area contributed by atoms with Gasteiger partial charge in [-0.2, -0.15) is 0 Å². The van der Waals surface area contributed by atoms with Crippen molar-refractivity contribution in [3.63, 3.8) is 0 Å². The van der Waals surface area contributed by atoms with Crippen LogP contribution in [0.25, 0.3) is 0 Å². The molecule has 0 aromatic rings. The van der Waals surface area contributed by atoms with Gasteiger partial charge in [0.15, 0.2) is 0 Å². The van der Waals surface area contributed by atoms with Gasteiger partial charge >= 0.3 is 5.97 Å². The van der Waals surface area contributed by atoms with Crippen molar-refractivity contribution in [3.8, 4) is 0 Å². The quantitative estimate of drug-likeness (QED) is 0.712. The maximum atomic E-state index is 11.5. The van der Waals surface area contributed by atoms with E-state index in [9.17, 15) is 15.0 Å². The van der Waals surface area contributed by atoms with Crippen LogP contribution in [0.2, 0.25) is 0 Å². The zero-order valence-corrected chi connectivity index (χ0v) is 15.9. The first-order valence-electron chi connectivity index (χ1n) is 10.3. The maximum Gasteiger partial charge on any atom is 0.302 e. The summed E-state index contributed by atoms with van der Waals surface area (Å²) >= 11 is 0. The summed E-state index contributed by atoms with van der Waals surface area (Å²) < 4.78 is 5.71.